The van der Waals surface area contributed by atoms with Crippen molar-refractivity contribution in [3.8, 4) is 17.0 Å². The molecule has 5 heterocycles. The highest BCUT2D eigenvalue weighted by atomic mass is 16.6. The molecule has 0 spiro atoms. The second-order valence-electron chi connectivity index (χ2n) is 19.9. The summed E-state index contributed by atoms with van der Waals surface area (Å²) in [4.78, 5) is 40.7. The van der Waals surface area contributed by atoms with Gasteiger partial charge in [0.25, 0.3) is 5.69 Å². The standard InChI is InChI=1S/C30H38N4.C26H33N5O4/c1-3-5-12-18-30(19-13-6-4-2)28-24(23-16-10-11-17-25(23)32-28)20-26(34-30)29-31-21-27(33-29)22-14-8-7-9-15-22;1-28-17-20(14-19-15-23-18(16-24(19)28)4-3-5-25(23)35-2)26(32)27-30-12-10-29(11-13-30)21-6-8-22(9-7-21)31(33)34/h7-11,14-17,21,26,32,34H,3-6,12-13,18-20H2,1-2H3,(H,31,33);3-9,19-20,24H,10-17H2,1-2H3,(H,27,32)/t26-;19-,20-,24-/m11/s1. The van der Waals surface area contributed by atoms with Gasteiger partial charge in [0.05, 0.1) is 41.4 Å². The number of rotatable bonds is 15. The average molecular weight is 934 g/mol. The second-order valence-corrected chi connectivity index (χ2v) is 19.9. The summed E-state index contributed by atoms with van der Waals surface area (Å²) in [5, 5.41) is 18.4. The van der Waals surface area contributed by atoms with E-state index in [1.165, 1.54) is 89.5 Å². The van der Waals surface area contributed by atoms with Crippen LogP contribution in [0.25, 0.3) is 22.2 Å². The lowest BCUT2D eigenvalue weighted by Gasteiger charge is -2.46. The number of para-hydroxylation sites is 1. The van der Waals surface area contributed by atoms with E-state index in [2.05, 4.69) is 118 Å². The minimum absolute atomic E-state index is 0.0368. The molecule has 0 unspecified atom stereocenters. The number of piperazine rings is 1. The van der Waals surface area contributed by atoms with Crippen LogP contribution in [0.3, 0.4) is 0 Å². The van der Waals surface area contributed by atoms with Crippen molar-refractivity contribution in [1.29, 1.82) is 0 Å². The number of anilines is 1. The molecule has 0 radical (unpaired) electrons. The zero-order valence-electron chi connectivity index (χ0n) is 41.0. The third kappa shape index (κ3) is 10.6. The van der Waals surface area contributed by atoms with Crippen LogP contribution < -0.4 is 20.4 Å². The number of aromatic nitrogens is 3. The summed E-state index contributed by atoms with van der Waals surface area (Å²) in [6, 6.07) is 32.9. The fraction of sp³-hybridized carbons (Fsp3) is 0.464. The molecule has 69 heavy (non-hydrogen) atoms. The first-order valence-corrected chi connectivity index (χ1v) is 25.5. The second kappa shape index (κ2) is 21.7. The molecule has 2 aromatic heterocycles. The van der Waals surface area contributed by atoms with Crippen molar-refractivity contribution in [2.45, 2.75) is 109 Å². The largest absolute Gasteiger partial charge is 0.496 e. The number of methoxy groups -OCH3 is 1. The number of likely N-dealkylation sites (tertiary alicyclic amines) is 1. The number of H-pyrrole nitrogens is 2. The van der Waals surface area contributed by atoms with Gasteiger partial charge in [-0.05, 0) is 98.0 Å². The predicted molar refractivity (Wildman–Crippen MR) is 275 cm³/mol. The first kappa shape index (κ1) is 48.0. The molecule has 364 valence electrons. The molecule has 10 rings (SSSR count). The van der Waals surface area contributed by atoms with E-state index in [0.717, 1.165) is 81.1 Å². The fourth-order valence-electron chi connectivity index (χ4n) is 11.8. The number of aromatic amines is 2. The summed E-state index contributed by atoms with van der Waals surface area (Å²) in [5.41, 5.74) is 13.3. The van der Waals surface area contributed by atoms with Crippen molar-refractivity contribution in [3.05, 3.63) is 142 Å². The van der Waals surface area contributed by atoms with Crippen LogP contribution in [0.5, 0.6) is 5.75 Å². The van der Waals surface area contributed by atoms with Gasteiger partial charge in [-0.15, -0.1) is 0 Å². The first-order chi connectivity index (χ1) is 33.7. The summed E-state index contributed by atoms with van der Waals surface area (Å²) in [7, 11) is 3.87. The van der Waals surface area contributed by atoms with E-state index in [9.17, 15) is 14.9 Å². The van der Waals surface area contributed by atoms with E-state index < -0.39 is 0 Å². The van der Waals surface area contributed by atoms with Crippen LogP contribution in [-0.2, 0) is 29.6 Å². The van der Waals surface area contributed by atoms with Gasteiger partial charge in [-0.25, -0.2) is 9.99 Å². The molecule has 1 aliphatic carbocycles. The Morgan fingerprint density at radius 2 is 1.57 bits per heavy atom. The number of nitro benzene ring substituents is 1. The lowest BCUT2D eigenvalue weighted by molar-refractivity contribution is -0.384. The van der Waals surface area contributed by atoms with Crippen LogP contribution in [0.2, 0.25) is 0 Å². The summed E-state index contributed by atoms with van der Waals surface area (Å²) < 4.78 is 5.62. The summed E-state index contributed by atoms with van der Waals surface area (Å²) in [6.07, 6.45) is 15.6. The van der Waals surface area contributed by atoms with Crippen molar-refractivity contribution >= 4 is 28.2 Å². The zero-order valence-corrected chi connectivity index (χ0v) is 41.0. The Morgan fingerprint density at radius 1 is 0.841 bits per heavy atom. The van der Waals surface area contributed by atoms with Crippen LogP contribution in [0.4, 0.5) is 11.4 Å². The Labute approximate surface area is 407 Å². The van der Waals surface area contributed by atoms with Gasteiger partial charge in [0.15, 0.2) is 0 Å². The number of carbonyl (C=O) groups is 1. The topological polar surface area (TPSA) is 148 Å². The number of carbonyl (C=O) groups excluding carboxylic acids is 1. The SMILES string of the molecule is CCCCCC1(CCCCC)N[C@@H](c2ncc(-c3ccccc3)[nH]2)Cc2c1[nH]c1ccccc21.COc1cccc2c1C[C@H]1C[C@@H](C(=O)NN3CCN(c4ccc([N+](=O)[O-])cc4)CC3)CN(C)[C@@H]1C2. The number of hydrogen-bond acceptors (Lipinski definition) is 9. The molecule has 0 bridgehead atoms. The number of hydrazine groups is 1. The van der Waals surface area contributed by atoms with Gasteiger partial charge in [0.2, 0.25) is 5.91 Å². The van der Waals surface area contributed by atoms with Gasteiger partial charge >= 0.3 is 0 Å². The van der Waals surface area contributed by atoms with Crippen molar-refractivity contribution in [2.75, 3.05) is 51.8 Å². The maximum atomic E-state index is 13.2. The quantitative estimate of drug-likeness (QED) is 0.0449. The van der Waals surface area contributed by atoms with Crippen molar-refractivity contribution in [1.82, 2.24) is 35.6 Å². The maximum Gasteiger partial charge on any atom is 0.269 e. The number of hydrogen-bond donors (Lipinski definition) is 4. The van der Waals surface area contributed by atoms with Crippen LogP contribution in [0, 0.1) is 22.0 Å². The van der Waals surface area contributed by atoms with E-state index in [-0.39, 0.29) is 34.0 Å². The third-order valence-electron chi connectivity index (χ3n) is 15.5. The van der Waals surface area contributed by atoms with Crippen LogP contribution in [0.15, 0.2) is 103 Å². The Kier molecular flexibility index (Phi) is 15.1. The van der Waals surface area contributed by atoms with Gasteiger partial charge in [0.1, 0.15) is 11.6 Å². The maximum absolute atomic E-state index is 13.2. The number of ether oxygens (including phenoxy) is 1. The number of fused-ring (bicyclic) bond motifs is 5. The summed E-state index contributed by atoms with van der Waals surface area (Å²) in [6.45, 7) is 8.29. The number of nitro groups is 1. The van der Waals surface area contributed by atoms with Gasteiger partial charge in [-0.3, -0.25) is 25.7 Å². The fourth-order valence-corrected chi connectivity index (χ4v) is 11.8. The Balaban J connectivity index is 0.000000172. The Hall–Kier alpha value is -6.02. The number of nitrogens with zero attached hydrogens (tertiary/aromatic N) is 5. The lowest BCUT2D eigenvalue weighted by Crippen LogP contribution is -2.58. The third-order valence-corrected chi connectivity index (χ3v) is 15.5. The average Bonchev–Trinajstić information content (AvgIpc) is 4.03. The summed E-state index contributed by atoms with van der Waals surface area (Å²) >= 11 is 0. The van der Waals surface area contributed by atoms with E-state index in [1.54, 1.807) is 19.2 Å². The molecule has 3 aliphatic heterocycles. The molecule has 13 nitrogen and oxygen atoms in total. The molecular formula is C56H71N9O4. The lowest BCUT2D eigenvalue weighted by atomic mass is 9.72. The van der Waals surface area contributed by atoms with E-state index >= 15 is 0 Å². The monoisotopic (exact) mass is 934 g/mol. The number of unbranched alkanes of at least 4 members (excludes halogenated alkanes) is 4. The van der Waals surface area contributed by atoms with Crippen molar-refractivity contribution in [3.63, 3.8) is 0 Å². The molecule has 4 aromatic carbocycles. The molecule has 2 saturated heterocycles. The molecule has 13 heteroatoms. The van der Waals surface area contributed by atoms with E-state index in [0.29, 0.717) is 25.0 Å². The number of amides is 1. The highest BCUT2D eigenvalue weighted by Gasteiger charge is 2.43. The van der Waals surface area contributed by atoms with Gasteiger partial charge < -0.3 is 24.5 Å². The number of likely N-dealkylation sites (N-methyl/N-ethyl adjacent to an activating group) is 1. The minimum atomic E-state index is -0.384. The molecular weight excluding hydrogens is 863 g/mol. The number of nitrogens with one attached hydrogen (secondary N) is 4. The number of non-ortho nitro benzene ring substituents is 1. The Bertz CT molecular complexity index is 2640. The van der Waals surface area contributed by atoms with Gasteiger partial charge in [-0.2, -0.15) is 0 Å². The highest BCUT2D eigenvalue weighted by Crippen LogP contribution is 2.45. The molecule has 4 aliphatic rings. The molecule has 4 N–H and O–H groups in total. The number of benzene rings is 4. The summed E-state index contributed by atoms with van der Waals surface area (Å²) in [5.74, 6) is 2.51. The highest BCUT2D eigenvalue weighted by molar-refractivity contribution is 5.85. The molecule has 6 aromatic rings. The number of piperidine rings is 1. The first-order valence-electron chi connectivity index (χ1n) is 25.5. The van der Waals surface area contributed by atoms with Crippen molar-refractivity contribution in [2.24, 2.45) is 11.8 Å². The van der Waals surface area contributed by atoms with Crippen LogP contribution in [0.1, 0.15) is 106 Å². The minimum Gasteiger partial charge on any atom is -0.496 e. The number of imidazole rings is 1. The molecule has 2 fully saturated rings. The predicted octanol–water partition coefficient (Wildman–Crippen LogP) is 10.3. The normalized spacial score (nSPS) is 21.1. The zero-order chi connectivity index (χ0) is 47.9. The van der Waals surface area contributed by atoms with E-state index in [1.807, 2.05) is 17.3 Å². The van der Waals surface area contributed by atoms with Crippen LogP contribution >= 0.6 is 0 Å². The van der Waals surface area contributed by atoms with E-state index in [4.69, 9.17) is 9.72 Å². The van der Waals surface area contributed by atoms with Crippen LogP contribution in [-0.4, -0.2) is 88.6 Å². The van der Waals surface area contributed by atoms with Gasteiger partial charge in [0, 0.05) is 73.2 Å². The van der Waals surface area contributed by atoms with Gasteiger partial charge in [-0.1, -0.05) is 113 Å². The molecule has 1 amide bonds. The van der Waals surface area contributed by atoms with Crippen molar-refractivity contribution < 1.29 is 14.5 Å². The Morgan fingerprint density at radius 3 is 2.28 bits per heavy atom. The smallest absolute Gasteiger partial charge is 0.269 e. The molecule has 0 saturated carbocycles. The molecule has 4 atom stereocenters.